The van der Waals surface area contributed by atoms with Crippen molar-refractivity contribution in [3.8, 4) is 11.3 Å². The Kier molecular flexibility index (Phi) is 6.74. The van der Waals surface area contributed by atoms with E-state index in [1.807, 2.05) is 5.38 Å². The molecule has 0 aliphatic rings. The summed E-state index contributed by atoms with van der Waals surface area (Å²) in [7, 11) is 1.30. The average molecular weight is 375 g/mol. The van der Waals surface area contributed by atoms with E-state index in [0.29, 0.717) is 24.5 Å². The molecule has 0 unspecified atom stereocenters. The van der Waals surface area contributed by atoms with Crippen LogP contribution in [0, 0.1) is 0 Å². The van der Waals surface area contributed by atoms with E-state index in [2.05, 4.69) is 65.4 Å². The van der Waals surface area contributed by atoms with Crippen LogP contribution in [0.25, 0.3) is 11.3 Å². The molecule has 26 heavy (non-hydrogen) atoms. The van der Waals surface area contributed by atoms with Gasteiger partial charge < -0.3 is 15.4 Å². The van der Waals surface area contributed by atoms with E-state index in [1.165, 1.54) is 24.0 Å². The predicted molar refractivity (Wildman–Crippen MR) is 105 cm³/mol. The summed E-state index contributed by atoms with van der Waals surface area (Å²) in [4.78, 5) is 27.3. The molecule has 2 rings (SSSR count). The number of carbonyl (C=O) groups is 2. The number of amides is 2. The van der Waals surface area contributed by atoms with Crippen LogP contribution in [0.5, 0.6) is 0 Å². The molecule has 0 spiro atoms. The zero-order valence-corrected chi connectivity index (χ0v) is 16.4. The molecule has 1 aromatic carbocycles. The minimum Gasteiger partial charge on any atom is -0.453 e. The number of rotatable bonds is 6. The van der Waals surface area contributed by atoms with Gasteiger partial charge in [0.25, 0.3) is 0 Å². The van der Waals surface area contributed by atoms with E-state index in [4.69, 9.17) is 0 Å². The molecule has 1 aromatic heterocycles. The third-order valence-corrected chi connectivity index (χ3v) is 4.59. The van der Waals surface area contributed by atoms with Crippen molar-refractivity contribution in [2.24, 2.45) is 0 Å². The fourth-order valence-corrected chi connectivity index (χ4v) is 3.03. The van der Waals surface area contributed by atoms with Crippen LogP contribution in [0.2, 0.25) is 0 Å². The Bertz CT molecular complexity index is 748. The number of benzene rings is 1. The fourth-order valence-electron chi connectivity index (χ4n) is 2.30. The lowest BCUT2D eigenvalue weighted by Crippen LogP contribution is -2.25. The molecule has 0 aliphatic carbocycles. The van der Waals surface area contributed by atoms with Gasteiger partial charge >= 0.3 is 6.09 Å². The first-order chi connectivity index (χ1) is 12.3. The molecule has 0 atom stereocenters. The van der Waals surface area contributed by atoms with Gasteiger partial charge in [0.1, 0.15) is 0 Å². The third-order valence-electron chi connectivity index (χ3n) is 3.83. The van der Waals surface area contributed by atoms with E-state index in [9.17, 15) is 9.59 Å². The van der Waals surface area contributed by atoms with Gasteiger partial charge in [-0.3, -0.25) is 4.79 Å². The largest absolute Gasteiger partial charge is 0.453 e. The Labute approximate surface area is 158 Å². The molecular formula is C19H25N3O3S. The van der Waals surface area contributed by atoms with Crippen LogP contribution in [-0.4, -0.2) is 30.6 Å². The van der Waals surface area contributed by atoms with E-state index in [1.54, 1.807) is 0 Å². The van der Waals surface area contributed by atoms with E-state index < -0.39 is 6.09 Å². The van der Waals surface area contributed by atoms with Crippen molar-refractivity contribution in [2.75, 3.05) is 19.0 Å². The second-order valence-corrected chi connectivity index (χ2v) is 7.79. The lowest BCUT2D eigenvalue weighted by atomic mass is 9.86. The summed E-state index contributed by atoms with van der Waals surface area (Å²) >= 11 is 1.40. The summed E-state index contributed by atoms with van der Waals surface area (Å²) in [6, 6.07) is 8.34. The summed E-state index contributed by atoms with van der Waals surface area (Å²) in [5, 5.41) is 7.84. The maximum atomic E-state index is 11.9. The molecule has 0 fully saturated rings. The van der Waals surface area contributed by atoms with Gasteiger partial charge in [0.2, 0.25) is 5.91 Å². The SMILES string of the molecule is COC(=O)NCCCC(=O)Nc1nc(-c2ccc(C(C)(C)C)cc2)cs1. The van der Waals surface area contributed by atoms with Crippen LogP contribution in [0.3, 0.4) is 0 Å². The molecule has 7 heteroatoms. The molecule has 1 heterocycles. The van der Waals surface area contributed by atoms with Gasteiger partial charge in [0, 0.05) is 23.9 Å². The number of ether oxygens (including phenoxy) is 1. The van der Waals surface area contributed by atoms with Crippen molar-refractivity contribution in [1.29, 1.82) is 0 Å². The maximum absolute atomic E-state index is 11.9. The minimum absolute atomic E-state index is 0.114. The minimum atomic E-state index is -0.493. The lowest BCUT2D eigenvalue weighted by Gasteiger charge is -2.18. The zero-order chi connectivity index (χ0) is 19.2. The summed E-state index contributed by atoms with van der Waals surface area (Å²) in [5.74, 6) is -0.124. The van der Waals surface area contributed by atoms with Gasteiger partial charge in [-0.2, -0.15) is 0 Å². The molecule has 0 radical (unpaired) electrons. The van der Waals surface area contributed by atoms with Crippen molar-refractivity contribution in [3.05, 3.63) is 35.2 Å². The van der Waals surface area contributed by atoms with Gasteiger partial charge in [-0.1, -0.05) is 45.0 Å². The highest BCUT2D eigenvalue weighted by Gasteiger charge is 2.14. The maximum Gasteiger partial charge on any atom is 0.406 e. The molecule has 2 N–H and O–H groups in total. The molecule has 140 valence electrons. The Morgan fingerprint density at radius 1 is 1.19 bits per heavy atom. The molecular weight excluding hydrogens is 350 g/mol. The van der Waals surface area contributed by atoms with Crippen LogP contribution in [0.1, 0.15) is 39.2 Å². The fraction of sp³-hybridized carbons (Fsp3) is 0.421. The second-order valence-electron chi connectivity index (χ2n) is 6.94. The lowest BCUT2D eigenvalue weighted by molar-refractivity contribution is -0.116. The van der Waals surface area contributed by atoms with Crippen molar-refractivity contribution < 1.29 is 14.3 Å². The molecule has 2 amide bonds. The Morgan fingerprint density at radius 3 is 2.50 bits per heavy atom. The van der Waals surface area contributed by atoms with Crippen LogP contribution in [-0.2, 0) is 14.9 Å². The van der Waals surface area contributed by atoms with Gasteiger partial charge in [-0.05, 0) is 17.4 Å². The summed E-state index contributed by atoms with van der Waals surface area (Å²) in [6.45, 7) is 6.93. The van der Waals surface area contributed by atoms with E-state index in [-0.39, 0.29) is 11.3 Å². The number of hydrogen-bond donors (Lipinski definition) is 2. The van der Waals surface area contributed by atoms with Gasteiger partial charge in [0.15, 0.2) is 5.13 Å². The summed E-state index contributed by atoms with van der Waals surface area (Å²) in [6.07, 6.45) is 0.347. The monoisotopic (exact) mass is 375 g/mol. The first kappa shape index (κ1) is 19.9. The van der Waals surface area contributed by atoms with Crippen molar-refractivity contribution in [3.63, 3.8) is 0 Å². The summed E-state index contributed by atoms with van der Waals surface area (Å²) in [5.41, 5.74) is 3.25. The quantitative estimate of drug-likeness (QED) is 0.742. The molecule has 0 saturated heterocycles. The smallest absolute Gasteiger partial charge is 0.406 e. The topological polar surface area (TPSA) is 80.3 Å². The number of aromatic nitrogens is 1. The highest BCUT2D eigenvalue weighted by atomic mass is 32.1. The van der Waals surface area contributed by atoms with Crippen LogP contribution < -0.4 is 10.6 Å². The number of anilines is 1. The predicted octanol–water partition coefficient (Wildman–Crippen LogP) is 4.18. The number of thiazole rings is 1. The Hall–Kier alpha value is -2.41. The Balaban J connectivity index is 1.87. The highest BCUT2D eigenvalue weighted by Crippen LogP contribution is 2.28. The standard InChI is InChI=1S/C19H25N3O3S/c1-19(2,3)14-9-7-13(8-10-14)15-12-26-17(21-15)22-16(23)6-5-11-20-18(24)25-4/h7-10,12H,5-6,11H2,1-4H3,(H,20,24)(H,21,22,23). The number of carbonyl (C=O) groups excluding carboxylic acids is 2. The number of nitrogens with zero attached hydrogens (tertiary/aromatic N) is 1. The molecule has 0 saturated carbocycles. The number of alkyl carbamates (subject to hydrolysis) is 1. The third kappa shape index (κ3) is 5.84. The zero-order valence-electron chi connectivity index (χ0n) is 15.6. The molecule has 0 bridgehead atoms. The van der Waals surface area contributed by atoms with Crippen molar-refractivity contribution in [1.82, 2.24) is 10.3 Å². The van der Waals surface area contributed by atoms with Crippen LogP contribution in [0.4, 0.5) is 9.93 Å². The van der Waals surface area contributed by atoms with Crippen LogP contribution in [0.15, 0.2) is 29.6 Å². The first-order valence-electron chi connectivity index (χ1n) is 8.47. The van der Waals surface area contributed by atoms with Crippen molar-refractivity contribution >= 4 is 28.5 Å². The van der Waals surface area contributed by atoms with Gasteiger partial charge in [-0.25, -0.2) is 9.78 Å². The van der Waals surface area contributed by atoms with Gasteiger partial charge in [0.05, 0.1) is 12.8 Å². The average Bonchev–Trinajstić information content (AvgIpc) is 3.06. The number of nitrogens with one attached hydrogen (secondary N) is 2. The van der Waals surface area contributed by atoms with E-state index >= 15 is 0 Å². The summed E-state index contributed by atoms with van der Waals surface area (Å²) < 4.78 is 4.46. The second kappa shape index (κ2) is 8.80. The number of hydrogen-bond acceptors (Lipinski definition) is 5. The van der Waals surface area contributed by atoms with E-state index in [0.717, 1.165) is 11.3 Å². The highest BCUT2D eigenvalue weighted by molar-refractivity contribution is 7.14. The molecule has 2 aromatic rings. The van der Waals surface area contributed by atoms with Gasteiger partial charge in [-0.15, -0.1) is 11.3 Å². The van der Waals surface area contributed by atoms with Crippen molar-refractivity contribution in [2.45, 2.75) is 39.0 Å². The van der Waals surface area contributed by atoms with Crippen LogP contribution >= 0.6 is 11.3 Å². The molecule has 0 aliphatic heterocycles. The number of methoxy groups -OCH3 is 1. The Morgan fingerprint density at radius 2 is 1.88 bits per heavy atom. The normalized spacial score (nSPS) is 11.1. The first-order valence-corrected chi connectivity index (χ1v) is 9.35. The molecule has 6 nitrogen and oxygen atoms in total.